The standard InChI is InChI=1S/C15H14ClNO3S/c1-10-12(16)5-2-6-13(10)17-14(18)9-20-15(19)8-11-4-3-7-21-11/h2-7H,8-9H2,1H3,(H,17,18). The van der Waals surface area contributed by atoms with E-state index in [1.807, 2.05) is 17.5 Å². The number of carbonyl (C=O) groups excluding carboxylic acids is 2. The first-order chi connectivity index (χ1) is 10.1. The minimum atomic E-state index is -0.421. The van der Waals surface area contributed by atoms with Gasteiger partial charge in [-0.3, -0.25) is 9.59 Å². The van der Waals surface area contributed by atoms with Crippen LogP contribution in [0.15, 0.2) is 35.7 Å². The molecule has 1 aromatic carbocycles. The molecule has 4 nitrogen and oxygen atoms in total. The number of amides is 1. The van der Waals surface area contributed by atoms with Crippen molar-refractivity contribution < 1.29 is 14.3 Å². The van der Waals surface area contributed by atoms with Crippen LogP contribution in [0.2, 0.25) is 5.02 Å². The summed E-state index contributed by atoms with van der Waals surface area (Å²) in [4.78, 5) is 24.2. The smallest absolute Gasteiger partial charge is 0.311 e. The molecule has 6 heteroatoms. The van der Waals surface area contributed by atoms with Gasteiger partial charge in [0.2, 0.25) is 0 Å². The molecule has 0 saturated heterocycles. The molecule has 1 N–H and O–H groups in total. The van der Waals surface area contributed by atoms with Crippen LogP contribution in [0.4, 0.5) is 5.69 Å². The molecule has 0 fully saturated rings. The summed E-state index contributed by atoms with van der Waals surface area (Å²) in [6.07, 6.45) is 0.182. The third-order valence-corrected chi connectivity index (χ3v) is 4.09. The summed E-state index contributed by atoms with van der Waals surface area (Å²) < 4.78 is 4.94. The zero-order valence-electron chi connectivity index (χ0n) is 11.4. The van der Waals surface area contributed by atoms with E-state index in [1.54, 1.807) is 25.1 Å². The third-order valence-electron chi connectivity index (χ3n) is 2.80. The Morgan fingerprint density at radius 3 is 2.81 bits per heavy atom. The number of hydrogen-bond donors (Lipinski definition) is 1. The van der Waals surface area contributed by atoms with Crippen molar-refractivity contribution in [3.05, 3.63) is 51.2 Å². The molecule has 0 aliphatic rings. The van der Waals surface area contributed by atoms with Crippen LogP contribution in [0, 0.1) is 6.92 Å². The van der Waals surface area contributed by atoms with E-state index in [4.69, 9.17) is 16.3 Å². The molecule has 2 rings (SSSR count). The Bertz CT molecular complexity index is 640. The van der Waals surface area contributed by atoms with Gasteiger partial charge in [0.1, 0.15) is 0 Å². The number of thiophene rings is 1. The minimum absolute atomic E-state index is 0.182. The highest BCUT2D eigenvalue weighted by Crippen LogP contribution is 2.22. The van der Waals surface area contributed by atoms with Gasteiger partial charge in [0.05, 0.1) is 6.42 Å². The molecule has 0 spiro atoms. The van der Waals surface area contributed by atoms with Crippen LogP contribution < -0.4 is 5.32 Å². The van der Waals surface area contributed by atoms with Crippen molar-refractivity contribution in [1.29, 1.82) is 0 Å². The van der Waals surface area contributed by atoms with Crippen LogP contribution in [0.5, 0.6) is 0 Å². The van der Waals surface area contributed by atoms with Crippen molar-refractivity contribution in [2.45, 2.75) is 13.3 Å². The van der Waals surface area contributed by atoms with E-state index in [0.717, 1.165) is 10.4 Å². The SMILES string of the molecule is Cc1c(Cl)cccc1NC(=O)COC(=O)Cc1cccs1. The molecule has 2 aromatic rings. The Kier molecular flexibility index (Phi) is 5.36. The number of halogens is 1. The van der Waals surface area contributed by atoms with Crippen molar-refractivity contribution in [1.82, 2.24) is 0 Å². The van der Waals surface area contributed by atoms with Crippen LogP contribution in [-0.2, 0) is 20.7 Å². The molecule has 110 valence electrons. The van der Waals surface area contributed by atoms with Gasteiger partial charge in [-0.25, -0.2) is 0 Å². The zero-order valence-corrected chi connectivity index (χ0v) is 13.0. The average Bonchev–Trinajstić information content (AvgIpc) is 2.94. The molecule has 0 aliphatic heterocycles. The number of anilines is 1. The topological polar surface area (TPSA) is 55.4 Å². The monoisotopic (exact) mass is 323 g/mol. The van der Waals surface area contributed by atoms with E-state index in [0.29, 0.717) is 10.7 Å². The Hall–Kier alpha value is -1.85. The highest BCUT2D eigenvalue weighted by atomic mass is 35.5. The quantitative estimate of drug-likeness (QED) is 0.858. The molecule has 21 heavy (non-hydrogen) atoms. The van der Waals surface area contributed by atoms with Crippen molar-refractivity contribution in [2.75, 3.05) is 11.9 Å². The van der Waals surface area contributed by atoms with Gasteiger partial charge in [-0.05, 0) is 36.1 Å². The van der Waals surface area contributed by atoms with Gasteiger partial charge < -0.3 is 10.1 Å². The van der Waals surface area contributed by atoms with Crippen molar-refractivity contribution in [3.8, 4) is 0 Å². The van der Waals surface area contributed by atoms with Crippen LogP contribution >= 0.6 is 22.9 Å². The molecule has 0 saturated carbocycles. The first-order valence-corrected chi connectivity index (χ1v) is 7.55. The lowest BCUT2D eigenvalue weighted by Gasteiger charge is -2.09. The van der Waals surface area contributed by atoms with Gasteiger partial charge in [-0.1, -0.05) is 23.7 Å². The number of rotatable bonds is 5. The van der Waals surface area contributed by atoms with Crippen molar-refractivity contribution >= 4 is 40.5 Å². The molecule has 0 radical (unpaired) electrons. The lowest BCUT2D eigenvalue weighted by atomic mass is 10.2. The summed E-state index contributed by atoms with van der Waals surface area (Å²) in [5, 5.41) is 5.13. The third kappa shape index (κ3) is 4.58. The van der Waals surface area contributed by atoms with E-state index >= 15 is 0 Å². The van der Waals surface area contributed by atoms with E-state index in [-0.39, 0.29) is 18.9 Å². The van der Waals surface area contributed by atoms with Crippen LogP contribution in [-0.4, -0.2) is 18.5 Å². The average molecular weight is 324 g/mol. The van der Waals surface area contributed by atoms with Gasteiger partial charge in [0.25, 0.3) is 5.91 Å². The second-order valence-electron chi connectivity index (χ2n) is 4.38. The molecular formula is C15H14ClNO3S. The molecule has 0 atom stereocenters. The fourth-order valence-corrected chi connectivity index (χ4v) is 2.55. The summed E-state index contributed by atoms with van der Waals surface area (Å²) in [7, 11) is 0. The Morgan fingerprint density at radius 1 is 1.29 bits per heavy atom. The fraction of sp³-hybridized carbons (Fsp3) is 0.200. The maximum atomic E-state index is 11.8. The number of nitrogens with one attached hydrogen (secondary N) is 1. The summed E-state index contributed by atoms with van der Waals surface area (Å²) in [6.45, 7) is 1.50. The highest BCUT2D eigenvalue weighted by Gasteiger charge is 2.11. The fourth-order valence-electron chi connectivity index (χ4n) is 1.68. The van der Waals surface area contributed by atoms with Crippen molar-refractivity contribution in [3.63, 3.8) is 0 Å². The largest absolute Gasteiger partial charge is 0.455 e. The molecule has 0 aliphatic carbocycles. The Morgan fingerprint density at radius 2 is 2.10 bits per heavy atom. The first kappa shape index (κ1) is 15.5. The van der Waals surface area contributed by atoms with Crippen LogP contribution in [0.25, 0.3) is 0 Å². The minimum Gasteiger partial charge on any atom is -0.455 e. The number of carbonyl (C=O) groups is 2. The molecule has 0 unspecified atom stereocenters. The summed E-state index contributed by atoms with van der Waals surface area (Å²) >= 11 is 7.44. The maximum absolute atomic E-state index is 11.8. The second-order valence-corrected chi connectivity index (χ2v) is 5.82. The molecule has 0 bridgehead atoms. The predicted octanol–water partition coefficient (Wildman–Crippen LogP) is 3.43. The van der Waals surface area contributed by atoms with Gasteiger partial charge in [0, 0.05) is 15.6 Å². The Labute approximate surface area is 131 Å². The van der Waals surface area contributed by atoms with Gasteiger partial charge in [-0.15, -0.1) is 11.3 Å². The lowest BCUT2D eigenvalue weighted by molar-refractivity contribution is -0.146. The van der Waals surface area contributed by atoms with Gasteiger partial charge in [-0.2, -0.15) is 0 Å². The number of esters is 1. The normalized spacial score (nSPS) is 10.2. The van der Waals surface area contributed by atoms with Crippen molar-refractivity contribution in [2.24, 2.45) is 0 Å². The number of benzene rings is 1. The molecule has 1 heterocycles. The number of hydrogen-bond acceptors (Lipinski definition) is 4. The summed E-state index contributed by atoms with van der Waals surface area (Å²) in [6, 6.07) is 8.94. The molecule has 1 aromatic heterocycles. The van der Waals surface area contributed by atoms with E-state index < -0.39 is 5.97 Å². The summed E-state index contributed by atoms with van der Waals surface area (Å²) in [5.41, 5.74) is 1.39. The zero-order chi connectivity index (χ0) is 15.2. The maximum Gasteiger partial charge on any atom is 0.311 e. The number of ether oxygens (including phenoxy) is 1. The predicted molar refractivity (Wildman–Crippen MR) is 83.8 cm³/mol. The van der Waals surface area contributed by atoms with Gasteiger partial charge in [0.15, 0.2) is 6.61 Å². The Balaban J connectivity index is 1.82. The van der Waals surface area contributed by atoms with Crippen LogP contribution in [0.1, 0.15) is 10.4 Å². The van der Waals surface area contributed by atoms with E-state index in [9.17, 15) is 9.59 Å². The van der Waals surface area contributed by atoms with E-state index in [2.05, 4.69) is 5.32 Å². The lowest BCUT2D eigenvalue weighted by Crippen LogP contribution is -2.21. The first-order valence-electron chi connectivity index (χ1n) is 6.29. The summed E-state index contributed by atoms with van der Waals surface area (Å²) in [5.74, 6) is -0.810. The highest BCUT2D eigenvalue weighted by molar-refractivity contribution is 7.10. The van der Waals surface area contributed by atoms with Crippen LogP contribution in [0.3, 0.4) is 0 Å². The molecule has 1 amide bonds. The van der Waals surface area contributed by atoms with E-state index in [1.165, 1.54) is 11.3 Å². The van der Waals surface area contributed by atoms with Gasteiger partial charge >= 0.3 is 5.97 Å². The molecular weight excluding hydrogens is 310 g/mol. The second kappa shape index (κ2) is 7.24.